The second-order valence-corrected chi connectivity index (χ2v) is 12.0. The molecule has 2 atom stereocenters. The van der Waals surface area contributed by atoms with Crippen LogP contribution < -0.4 is 5.14 Å². The molecule has 42 heavy (non-hydrogen) atoms. The summed E-state index contributed by atoms with van der Waals surface area (Å²) < 4.78 is 70.9. The van der Waals surface area contributed by atoms with Crippen molar-refractivity contribution in [1.29, 1.82) is 0 Å². The van der Waals surface area contributed by atoms with Gasteiger partial charge in [0.2, 0.25) is 0 Å². The number of halogens is 3. The minimum Gasteiger partial charge on any atom is -0.481 e. The van der Waals surface area contributed by atoms with Gasteiger partial charge in [-0.1, -0.05) is 74.9 Å². The molecule has 1 aliphatic rings. The van der Waals surface area contributed by atoms with Crippen LogP contribution >= 0.6 is 0 Å². The number of carbonyl (C=O) groups excluding carboxylic acids is 1. The Balaban J connectivity index is 1.72. The number of aliphatic hydroxyl groups excluding tert-OH is 1. The molecule has 224 valence electrons. The zero-order valence-electron chi connectivity index (χ0n) is 23.3. The third-order valence-corrected chi connectivity index (χ3v) is 8.41. The SMILES string of the molecule is CCC[C@@]1(CCc2ccccc2)CC(=O)C([C@H](CC)c2cccc(-c3cc(C(F)(F)F)cnc3S(N)(=O)=O)c2)=C(O)O1. The van der Waals surface area contributed by atoms with E-state index in [2.05, 4.69) is 4.98 Å². The summed E-state index contributed by atoms with van der Waals surface area (Å²) in [6.07, 6.45) is -1.44. The Labute approximate surface area is 243 Å². The van der Waals surface area contributed by atoms with Crippen molar-refractivity contribution in [1.82, 2.24) is 4.98 Å². The number of pyridine rings is 1. The smallest absolute Gasteiger partial charge is 0.417 e. The summed E-state index contributed by atoms with van der Waals surface area (Å²) in [5.74, 6) is -1.40. The number of aromatic nitrogens is 1. The van der Waals surface area contributed by atoms with Gasteiger partial charge in [0.05, 0.1) is 17.6 Å². The van der Waals surface area contributed by atoms with Gasteiger partial charge in [0.25, 0.3) is 16.0 Å². The van der Waals surface area contributed by atoms with E-state index >= 15 is 0 Å². The van der Waals surface area contributed by atoms with E-state index in [-0.39, 0.29) is 28.9 Å². The lowest BCUT2D eigenvalue weighted by Gasteiger charge is -2.38. The van der Waals surface area contributed by atoms with Gasteiger partial charge in [-0.3, -0.25) is 4.79 Å². The maximum atomic E-state index is 13.6. The average Bonchev–Trinajstić information content (AvgIpc) is 2.93. The Morgan fingerprint density at radius 1 is 1.07 bits per heavy atom. The van der Waals surface area contributed by atoms with E-state index in [9.17, 15) is 31.5 Å². The molecule has 0 spiro atoms. The van der Waals surface area contributed by atoms with Gasteiger partial charge < -0.3 is 9.84 Å². The van der Waals surface area contributed by atoms with E-state index in [1.165, 1.54) is 18.2 Å². The number of hydrogen-bond donors (Lipinski definition) is 2. The summed E-state index contributed by atoms with van der Waals surface area (Å²) in [5, 5.41) is 15.7. The summed E-state index contributed by atoms with van der Waals surface area (Å²) in [6, 6.07) is 16.6. The Bertz CT molecular complexity index is 1590. The second kappa shape index (κ2) is 12.3. The van der Waals surface area contributed by atoms with E-state index in [1.54, 1.807) is 13.0 Å². The van der Waals surface area contributed by atoms with Gasteiger partial charge in [-0.25, -0.2) is 18.5 Å². The number of allylic oxidation sites excluding steroid dienone is 1. The Kier molecular flexibility index (Phi) is 9.12. The first-order valence-electron chi connectivity index (χ1n) is 13.7. The highest BCUT2D eigenvalue weighted by molar-refractivity contribution is 7.89. The number of primary sulfonamides is 1. The molecular formula is C31H33F3N2O5S. The molecule has 1 aromatic heterocycles. The van der Waals surface area contributed by atoms with Crippen molar-refractivity contribution in [2.45, 2.75) is 75.1 Å². The van der Waals surface area contributed by atoms with E-state index in [4.69, 9.17) is 9.88 Å². The third-order valence-electron chi connectivity index (χ3n) is 7.55. The fourth-order valence-corrected chi connectivity index (χ4v) is 6.28. The first-order chi connectivity index (χ1) is 19.8. The van der Waals surface area contributed by atoms with E-state index in [0.717, 1.165) is 12.0 Å². The molecule has 3 N–H and O–H groups in total. The van der Waals surface area contributed by atoms with E-state index in [0.29, 0.717) is 43.5 Å². The number of hydrogen-bond acceptors (Lipinski definition) is 6. The number of carbonyl (C=O) groups is 1. The van der Waals surface area contributed by atoms with Gasteiger partial charge in [0, 0.05) is 17.7 Å². The van der Waals surface area contributed by atoms with Crippen LogP contribution in [-0.2, 0) is 32.2 Å². The molecule has 2 heterocycles. The number of alkyl halides is 3. The molecule has 0 fully saturated rings. The molecular weight excluding hydrogens is 569 g/mol. The van der Waals surface area contributed by atoms with Crippen molar-refractivity contribution < 1.29 is 36.2 Å². The fourth-order valence-electron chi connectivity index (χ4n) is 5.59. The van der Waals surface area contributed by atoms with Crippen molar-refractivity contribution in [2.24, 2.45) is 5.14 Å². The average molecular weight is 603 g/mol. The number of ketones is 1. The third kappa shape index (κ3) is 6.84. The lowest BCUT2D eigenvalue weighted by atomic mass is 9.78. The van der Waals surface area contributed by atoms with Gasteiger partial charge in [0.1, 0.15) is 5.60 Å². The van der Waals surface area contributed by atoms with Gasteiger partial charge in [-0.2, -0.15) is 13.2 Å². The normalized spacial score (nSPS) is 18.6. The van der Waals surface area contributed by atoms with Crippen molar-refractivity contribution in [2.75, 3.05) is 0 Å². The van der Waals surface area contributed by atoms with E-state index in [1.807, 2.05) is 37.3 Å². The van der Waals surface area contributed by atoms with Gasteiger partial charge >= 0.3 is 6.18 Å². The quantitative estimate of drug-likeness (QED) is 0.262. The number of nitrogens with two attached hydrogens (primary N) is 1. The summed E-state index contributed by atoms with van der Waals surface area (Å²) in [4.78, 5) is 17.2. The van der Waals surface area contributed by atoms with Crippen LogP contribution in [0, 0.1) is 0 Å². The predicted molar refractivity (Wildman–Crippen MR) is 152 cm³/mol. The fraction of sp³-hybridized carbons (Fsp3) is 0.355. The molecule has 2 aromatic carbocycles. The standard InChI is InChI=1S/C31H33F3N2O5S/c1-3-14-30(15-13-20-9-6-5-7-10-20)18-26(37)27(29(38)41-30)24(4-2)21-11-8-12-22(16-21)25-17-23(31(32,33)34)19-36-28(25)42(35,39)40/h5-12,16-17,19,24,38H,3-4,13-15,18H2,1-2H3,(H2,35,39,40)/t24-,30-/m1/s1. The molecule has 0 amide bonds. The summed E-state index contributed by atoms with van der Waals surface area (Å²) >= 11 is 0. The zero-order chi connectivity index (χ0) is 30.7. The molecule has 11 heteroatoms. The van der Waals surface area contributed by atoms with Crippen LogP contribution in [0.2, 0.25) is 0 Å². The summed E-state index contributed by atoms with van der Waals surface area (Å²) in [5.41, 5.74) is -0.569. The first kappa shape index (κ1) is 31.2. The van der Waals surface area contributed by atoms with Crippen molar-refractivity contribution in [3.05, 3.63) is 95.1 Å². The Morgan fingerprint density at radius 3 is 2.38 bits per heavy atom. The van der Waals surface area contributed by atoms with Crippen LogP contribution in [0.15, 0.2) is 83.4 Å². The Morgan fingerprint density at radius 2 is 1.79 bits per heavy atom. The molecule has 0 aliphatic carbocycles. The van der Waals surface area contributed by atoms with Crippen LogP contribution in [-0.4, -0.2) is 29.9 Å². The maximum Gasteiger partial charge on any atom is 0.417 e. The molecule has 0 radical (unpaired) electrons. The topological polar surface area (TPSA) is 120 Å². The summed E-state index contributed by atoms with van der Waals surface area (Å²) in [7, 11) is -4.47. The first-order valence-corrected chi connectivity index (χ1v) is 15.2. The molecule has 3 aromatic rings. The molecule has 0 saturated carbocycles. The van der Waals surface area contributed by atoms with Crippen LogP contribution in [0.4, 0.5) is 13.2 Å². The van der Waals surface area contributed by atoms with Gasteiger partial charge in [0.15, 0.2) is 10.8 Å². The van der Waals surface area contributed by atoms with Crippen LogP contribution in [0.3, 0.4) is 0 Å². The number of nitrogens with zero attached hydrogens (tertiary/aromatic N) is 1. The molecule has 0 bridgehead atoms. The number of aliphatic hydroxyl groups is 1. The highest BCUT2D eigenvalue weighted by Gasteiger charge is 2.43. The number of Topliss-reactive ketones (excluding diaryl/α,β-unsaturated/α-hetero) is 1. The maximum absolute atomic E-state index is 13.6. The van der Waals surface area contributed by atoms with Crippen LogP contribution in [0.1, 0.15) is 68.6 Å². The van der Waals surface area contributed by atoms with Gasteiger partial charge in [-0.15, -0.1) is 0 Å². The van der Waals surface area contributed by atoms with Crippen LogP contribution in [0.25, 0.3) is 11.1 Å². The molecule has 1 aliphatic heterocycles. The van der Waals surface area contributed by atoms with Crippen molar-refractivity contribution >= 4 is 15.8 Å². The predicted octanol–water partition coefficient (Wildman–Crippen LogP) is 6.84. The number of aryl methyl sites for hydroxylation is 1. The molecule has 0 saturated heterocycles. The lowest BCUT2D eigenvalue weighted by Crippen LogP contribution is -2.41. The number of benzene rings is 2. The van der Waals surface area contributed by atoms with Crippen molar-refractivity contribution in [3.63, 3.8) is 0 Å². The number of ether oxygens (including phenoxy) is 1. The second-order valence-electron chi connectivity index (χ2n) is 10.5. The highest BCUT2D eigenvalue weighted by Crippen LogP contribution is 2.42. The lowest BCUT2D eigenvalue weighted by molar-refractivity contribution is -0.138. The minimum atomic E-state index is -4.77. The highest BCUT2D eigenvalue weighted by atomic mass is 32.2. The van der Waals surface area contributed by atoms with E-state index < -0.39 is 44.3 Å². The van der Waals surface area contributed by atoms with Crippen molar-refractivity contribution in [3.8, 4) is 11.1 Å². The molecule has 0 unspecified atom stereocenters. The van der Waals surface area contributed by atoms with Crippen LogP contribution in [0.5, 0.6) is 0 Å². The zero-order valence-corrected chi connectivity index (χ0v) is 24.1. The largest absolute Gasteiger partial charge is 0.481 e. The monoisotopic (exact) mass is 602 g/mol. The number of rotatable bonds is 10. The Hall–Kier alpha value is -3.70. The molecule has 7 nitrogen and oxygen atoms in total. The number of sulfonamides is 1. The van der Waals surface area contributed by atoms with Gasteiger partial charge in [-0.05, 0) is 48.4 Å². The molecule has 4 rings (SSSR count). The summed E-state index contributed by atoms with van der Waals surface area (Å²) in [6.45, 7) is 3.78. The minimum absolute atomic E-state index is 0.0658.